The van der Waals surface area contributed by atoms with Crippen LogP contribution in [0.4, 0.5) is 0 Å². The Kier molecular flexibility index (Phi) is 5.95. The molecule has 0 fully saturated rings. The lowest BCUT2D eigenvalue weighted by Crippen LogP contribution is -2.00. The van der Waals surface area contributed by atoms with Crippen LogP contribution in [0.3, 0.4) is 0 Å². The van der Waals surface area contributed by atoms with Gasteiger partial charge in [0.15, 0.2) is 0 Å². The second-order valence-electron chi connectivity index (χ2n) is 8.93. The predicted octanol–water partition coefficient (Wildman–Crippen LogP) is 7.81. The summed E-state index contributed by atoms with van der Waals surface area (Å²) in [5.74, 6) is 0. The first-order chi connectivity index (χ1) is 14.5. The van der Waals surface area contributed by atoms with Crippen molar-refractivity contribution >= 4 is 6.08 Å². The van der Waals surface area contributed by atoms with E-state index in [4.69, 9.17) is 0 Å². The van der Waals surface area contributed by atoms with Gasteiger partial charge >= 0.3 is 0 Å². The lowest BCUT2D eigenvalue weighted by atomic mass is 9.90. The van der Waals surface area contributed by atoms with E-state index in [2.05, 4.69) is 82.8 Å². The van der Waals surface area contributed by atoms with Crippen molar-refractivity contribution in [3.8, 4) is 0 Å². The Morgan fingerprint density at radius 2 is 1.63 bits per heavy atom. The summed E-state index contributed by atoms with van der Waals surface area (Å²) >= 11 is 0. The number of allylic oxidation sites excluding steroid dienone is 6. The Balaban J connectivity index is 1.50. The van der Waals surface area contributed by atoms with E-state index >= 15 is 0 Å². The third-order valence-corrected chi connectivity index (χ3v) is 6.82. The molecule has 0 saturated carbocycles. The minimum atomic E-state index is 0.974. The molecule has 0 heteroatoms. The van der Waals surface area contributed by atoms with Crippen LogP contribution in [0.5, 0.6) is 0 Å². The number of rotatable bonds is 7. The Morgan fingerprint density at radius 1 is 0.933 bits per heavy atom. The molecule has 0 aromatic heterocycles. The van der Waals surface area contributed by atoms with E-state index < -0.39 is 0 Å². The monoisotopic (exact) mass is 394 g/mol. The molecular formula is C30H34. The van der Waals surface area contributed by atoms with E-state index in [-0.39, 0.29) is 0 Å². The molecular weight excluding hydrogens is 360 g/mol. The fourth-order valence-electron chi connectivity index (χ4n) is 5.10. The van der Waals surface area contributed by atoms with Crippen LogP contribution in [0.25, 0.3) is 6.08 Å². The molecule has 2 aliphatic rings. The second-order valence-corrected chi connectivity index (χ2v) is 8.93. The van der Waals surface area contributed by atoms with E-state index in [0.29, 0.717) is 0 Å². The first kappa shape index (κ1) is 20.7. The Labute approximate surface area is 182 Å². The minimum absolute atomic E-state index is 0.974. The van der Waals surface area contributed by atoms with Gasteiger partial charge in [-0.05, 0) is 108 Å². The van der Waals surface area contributed by atoms with Gasteiger partial charge in [-0.3, -0.25) is 0 Å². The normalized spacial score (nSPS) is 15.0. The third-order valence-electron chi connectivity index (χ3n) is 6.82. The molecule has 2 aromatic rings. The lowest BCUT2D eigenvalue weighted by molar-refractivity contribution is 1.01. The average Bonchev–Trinajstić information content (AvgIpc) is 3.35. The van der Waals surface area contributed by atoms with E-state index in [0.717, 1.165) is 38.5 Å². The van der Waals surface area contributed by atoms with Crippen LogP contribution in [-0.4, -0.2) is 0 Å². The summed E-state index contributed by atoms with van der Waals surface area (Å²) in [5.41, 5.74) is 15.9. The fourth-order valence-corrected chi connectivity index (χ4v) is 5.10. The Bertz CT molecular complexity index is 1070. The molecule has 0 unspecified atom stereocenters. The molecule has 30 heavy (non-hydrogen) atoms. The number of aryl methyl sites for hydroxylation is 4. The van der Waals surface area contributed by atoms with Crippen LogP contribution >= 0.6 is 0 Å². The summed E-state index contributed by atoms with van der Waals surface area (Å²) in [6.07, 6.45) is 13.6. The summed E-state index contributed by atoms with van der Waals surface area (Å²) in [6.45, 7) is 13.4. The van der Waals surface area contributed by atoms with Crippen molar-refractivity contribution in [3.05, 3.63) is 110 Å². The average molecular weight is 395 g/mol. The van der Waals surface area contributed by atoms with Crippen molar-refractivity contribution < 1.29 is 0 Å². The molecule has 154 valence electrons. The minimum Gasteiger partial charge on any atom is -0.0992 e. The molecule has 0 atom stereocenters. The zero-order valence-electron chi connectivity index (χ0n) is 19.1. The van der Waals surface area contributed by atoms with Crippen LogP contribution < -0.4 is 0 Å². The summed E-state index contributed by atoms with van der Waals surface area (Å²) in [7, 11) is 0. The van der Waals surface area contributed by atoms with Gasteiger partial charge in [-0.15, -0.1) is 0 Å². The van der Waals surface area contributed by atoms with Crippen LogP contribution in [0.1, 0.15) is 65.6 Å². The summed E-state index contributed by atoms with van der Waals surface area (Å²) < 4.78 is 0. The zero-order chi connectivity index (χ0) is 21.3. The van der Waals surface area contributed by atoms with Crippen LogP contribution in [0, 0.1) is 13.8 Å². The maximum absolute atomic E-state index is 4.45. The van der Waals surface area contributed by atoms with Gasteiger partial charge in [0.1, 0.15) is 0 Å². The highest BCUT2D eigenvalue weighted by Gasteiger charge is 2.22. The highest BCUT2D eigenvalue weighted by molar-refractivity contribution is 5.73. The maximum Gasteiger partial charge on any atom is -0.00136 e. The summed E-state index contributed by atoms with van der Waals surface area (Å²) in [6, 6.07) is 11.5. The number of hydrogen-bond acceptors (Lipinski definition) is 0. The second kappa shape index (κ2) is 8.64. The van der Waals surface area contributed by atoms with E-state index in [1.807, 2.05) is 0 Å². The SMILES string of the molecule is C=C(CC1=CCC=C1C1=Cc2cc(CC)c(CC)cc2C1)Cc1c(C)cccc1C. The molecule has 0 saturated heterocycles. The van der Waals surface area contributed by atoms with E-state index in [1.165, 1.54) is 61.2 Å². The number of hydrogen-bond donors (Lipinski definition) is 0. The molecule has 4 rings (SSSR count). The van der Waals surface area contributed by atoms with Gasteiger partial charge in [0.05, 0.1) is 0 Å². The summed E-state index contributed by atoms with van der Waals surface area (Å²) in [5, 5.41) is 0. The van der Waals surface area contributed by atoms with Gasteiger partial charge in [0.25, 0.3) is 0 Å². The van der Waals surface area contributed by atoms with Crippen molar-refractivity contribution in [2.45, 2.75) is 66.2 Å². The molecule has 2 aliphatic carbocycles. The van der Waals surface area contributed by atoms with Gasteiger partial charge in [-0.2, -0.15) is 0 Å². The molecule has 0 nitrogen and oxygen atoms in total. The fraction of sp³-hybridized carbons (Fsp3) is 0.333. The number of benzene rings is 2. The maximum atomic E-state index is 4.45. The first-order valence-corrected chi connectivity index (χ1v) is 11.5. The van der Waals surface area contributed by atoms with Crippen molar-refractivity contribution in [2.24, 2.45) is 0 Å². The first-order valence-electron chi connectivity index (χ1n) is 11.5. The molecule has 0 spiro atoms. The van der Waals surface area contributed by atoms with Gasteiger partial charge < -0.3 is 0 Å². The predicted molar refractivity (Wildman–Crippen MR) is 131 cm³/mol. The highest BCUT2D eigenvalue weighted by atomic mass is 14.3. The number of fused-ring (bicyclic) bond motifs is 1. The standard InChI is InChI=1S/C30H34/c1-6-23-16-26-18-28(19-27(26)17-24(23)7-2)29-13-9-12-25(29)14-20(3)15-30-21(4)10-8-11-22(30)5/h8,10-13,16-18H,3,6-7,9,14-15,19H2,1-2,4-5H3. The molecule has 0 aliphatic heterocycles. The van der Waals surface area contributed by atoms with Gasteiger partial charge in [-0.25, -0.2) is 0 Å². The Hall–Kier alpha value is -2.60. The lowest BCUT2D eigenvalue weighted by Gasteiger charge is -2.15. The van der Waals surface area contributed by atoms with E-state index in [9.17, 15) is 0 Å². The van der Waals surface area contributed by atoms with Crippen LogP contribution in [0.2, 0.25) is 0 Å². The highest BCUT2D eigenvalue weighted by Crippen LogP contribution is 2.38. The third kappa shape index (κ3) is 4.01. The molecule has 0 amide bonds. The molecule has 2 aromatic carbocycles. The van der Waals surface area contributed by atoms with Gasteiger partial charge in [-0.1, -0.05) is 74.6 Å². The largest absolute Gasteiger partial charge is 0.0992 e. The van der Waals surface area contributed by atoms with Crippen molar-refractivity contribution in [1.29, 1.82) is 0 Å². The van der Waals surface area contributed by atoms with E-state index in [1.54, 1.807) is 0 Å². The van der Waals surface area contributed by atoms with Crippen molar-refractivity contribution in [2.75, 3.05) is 0 Å². The topological polar surface area (TPSA) is 0 Å². The Morgan fingerprint density at radius 3 is 2.33 bits per heavy atom. The smallest absolute Gasteiger partial charge is 0.00136 e. The van der Waals surface area contributed by atoms with Crippen LogP contribution in [-0.2, 0) is 25.7 Å². The molecule has 0 radical (unpaired) electrons. The van der Waals surface area contributed by atoms with Gasteiger partial charge in [0.2, 0.25) is 0 Å². The quantitative estimate of drug-likeness (QED) is 0.420. The van der Waals surface area contributed by atoms with Gasteiger partial charge in [0, 0.05) is 0 Å². The summed E-state index contributed by atoms with van der Waals surface area (Å²) in [4.78, 5) is 0. The van der Waals surface area contributed by atoms with Crippen molar-refractivity contribution in [3.63, 3.8) is 0 Å². The van der Waals surface area contributed by atoms with Crippen molar-refractivity contribution in [1.82, 2.24) is 0 Å². The molecule has 0 N–H and O–H groups in total. The molecule has 0 heterocycles. The van der Waals surface area contributed by atoms with Crippen LogP contribution in [0.15, 0.2) is 71.4 Å². The zero-order valence-corrected chi connectivity index (χ0v) is 19.1. The molecule has 0 bridgehead atoms.